The molecule has 6 heteroatoms. The average Bonchev–Trinajstić information content (AvgIpc) is 2.77. The van der Waals surface area contributed by atoms with Gasteiger partial charge in [0.15, 0.2) is 0 Å². The Kier molecular flexibility index (Phi) is 3.26. The van der Waals surface area contributed by atoms with Crippen LogP contribution in [0.3, 0.4) is 0 Å². The van der Waals surface area contributed by atoms with Crippen LogP contribution in [0.2, 0.25) is 0 Å². The summed E-state index contributed by atoms with van der Waals surface area (Å²) < 4.78 is 40.1. The molecule has 2 N–H and O–H groups in total. The number of anilines is 1. The highest BCUT2D eigenvalue weighted by atomic mass is 19.4. The maximum atomic E-state index is 12.8. The zero-order chi connectivity index (χ0) is 14.2. The van der Waals surface area contributed by atoms with Gasteiger partial charge in [-0.15, -0.1) is 0 Å². The highest BCUT2D eigenvalue weighted by Gasteiger charge is 2.33. The molecule has 0 amide bonds. The molecule has 0 bridgehead atoms. The summed E-state index contributed by atoms with van der Waals surface area (Å²) in [5.74, 6) is 0.819. The normalized spacial score (nSPS) is 12.1. The van der Waals surface area contributed by atoms with E-state index in [1.54, 1.807) is 23.0 Å². The van der Waals surface area contributed by atoms with E-state index in [-0.39, 0.29) is 11.6 Å². The topological polar surface area (TPSA) is 43.8 Å². The molecule has 19 heavy (non-hydrogen) atoms. The molecule has 1 aromatic carbocycles. The van der Waals surface area contributed by atoms with E-state index in [1.807, 2.05) is 13.8 Å². The largest absolute Gasteiger partial charge is 0.418 e. The number of halogens is 3. The fourth-order valence-electron chi connectivity index (χ4n) is 1.90. The van der Waals surface area contributed by atoms with Gasteiger partial charge in [-0.3, -0.25) is 0 Å². The first kappa shape index (κ1) is 13.5. The third-order valence-electron chi connectivity index (χ3n) is 2.81. The fourth-order valence-corrected chi connectivity index (χ4v) is 1.90. The van der Waals surface area contributed by atoms with Crippen molar-refractivity contribution in [2.24, 2.45) is 0 Å². The molecule has 1 heterocycles. The Balaban J connectivity index is 2.55. The van der Waals surface area contributed by atoms with Crippen LogP contribution in [0.4, 0.5) is 18.9 Å². The number of aromatic nitrogens is 2. The maximum absolute atomic E-state index is 12.8. The first-order chi connectivity index (χ1) is 8.80. The highest BCUT2D eigenvalue weighted by Crippen LogP contribution is 2.35. The van der Waals surface area contributed by atoms with Crippen LogP contribution in [0.15, 0.2) is 30.6 Å². The lowest BCUT2D eigenvalue weighted by molar-refractivity contribution is -0.136. The van der Waals surface area contributed by atoms with Crippen molar-refractivity contribution in [1.29, 1.82) is 0 Å². The molecule has 0 aliphatic carbocycles. The smallest absolute Gasteiger partial charge is 0.398 e. The Morgan fingerprint density at radius 3 is 2.53 bits per heavy atom. The van der Waals surface area contributed by atoms with E-state index in [2.05, 4.69) is 4.98 Å². The van der Waals surface area contributed by atoms with Crippen molar-refractivity contribution in [3.8, 4) is 5.69 Å². The second kappa shape index (κ2) is 4.60. The summed E-state index contributed by atoms with van der Waals surface area (Å²) in [6.45, 7) is 3.86. The molecule has 1 aromatic heterocycles. The molecular formula is C13H14F3N3. The van der Waals surface area contributed by atoms with Gasteiger partial charge in [0.05, 0.1) is 5.56 Å². The van der Waals surface area contributed by atoms with E-state index in [1.165, 1.54) is 6.07 Å². The molecule has 2 aromatic rings. The molecule has 0 unspecified atom stereocenters. The van der Waals surface area contributed by atoms with E-state index < -0.39 is 11.7 Å². The Hall–Kier alpha value is -1.98. The monoisotopic (exact) mass is 269 g/mol. The molecule has 0 saturated heterocycles. The average molecular weight is 269 g/mol. The quantitative estimate of drug-likeness (QED) is 0.846. The Morgan fingerprint density at radius 2 is 1.95 bits per heavy atom. The van der Waals surface area contributed by atoms with Gasteiger partial charge in [-0.2, -0.15) is 13.2 Å². The van der Waals surface area contributed by atoms with Crippen molar-refractivity contribution >= 4 is 5.69 Å². The van der Waals surface area contributed by atoms with Gasteiger partial charge in [0.25, 0.3) is 0 Å². The fraction of sp³-hybridized carbons (Fsp3) is 0.308. The SMILES string of the molecule is CC(C)c1nccn1-c1ccc(N)c(C(F)(F)F)c1. The Bertz CT molecular complexity index is 585. The minimum atomic E-state index is -4.46. The second-order valence-corrected chi connectivity index (χ2v) is 4.58. The van der Waals surface area contributed by atoms with Crippen molar-refractivity contribution in [2.75, 3.05) is 5.73 Å². The molecule has 0 radical (unpaired) electrons. The lowest BCUT2D eigenvalue weighted by Crippen LogP contribution is -2.11. The van der Waals surface area contributed by atoms with Gasteiger partial charge in [0.1, 0.15) is 5.82 Å². The van der Waals surface area contributed by atoms with Crippen molar-refractivity contribution in [2.45, 2.75) is 25.9 Å². The summed E-state index contributed by atoms with van der Waals surface area (Å²) in [6.07, 6.45) is -1.25. The molecule has 0 atom stereocenters. The molecule has 3 nitrogen and oxygen atoms in total. The van der Waals surface area contributed by atoms with Crippen LogP contribution in [-0.4, -0.2) is 9.55 Å². The molecule has 0 spiro atoms. The van der Waals surface area contributed by atoms with Gasteiger partial charge in [0, 0.05) is 29.7 Å². The molecule has 0 fully saturated rings. The number of hydrogen-bond acceptors (Lipinski definition) is 2. The molecule has 0 saturated carbocycles. The number of nitrogens with zero attached hydrogens (tertiary/aromatic N) is 2. The summed E-state index contributed by atoms with van der Waals surface area (Å²) in [7, 11) is 0. The predicted molar refractivity (Wildman–Crippen MR) is 67.1 cm³/mol. The molecule has 102 valence electrons. The lowest BCUT2D eigenvalue weighted by atomic mass is 10.1. The Labute approximate surface area is 108 Å². The van der Waals surface area contributed by atoms with E-state index in [9.17, 15) is 13.2 Å². The van der Waals surface area contributed by atoms with Crippen molar-refractivity contribution in [3.63, 3.8) is 0 Å². The number of rotatable bonds is 2. The van der Waals surface area contributed by atoms with Gasteiger partial charge in [-0.25, -0.2) is 4.98 Å². The van der Waals surface area contributed by atoms with Gasteiger partial charge in [-0.05, 0) is 18.2 Å². The number of alkyl halides is 3. The number of benzene rings is 1. The predicted octanol–water partition coefficient (Wildman–Crippen LogP) is 3.60. The summed E-state index contributed by atoms with van der Waals surface area (Å²) in [5, 5.41) is 0. The van der Waals surface area contributed by atoms with E-state index >= 15 is 0 Å². The highest BCUT2D eigenvalue weighted by molar-refractivity contribution is 5.54. The maximum Gasteiger partial charge on any atom is 0.418 e. The van der Waals surface area contributed by atoms with Crippen LogP contribution < -0.4 is 5.73 Å². The van der Waals surface area contributed by atoms with Gasteiger partial charge in [0.2, 0.25) is 0 Å². The summed E-state index contributed by atoms with van der Waals surface area (Å²) in [6, 6.07) is 3.86. The number of imidazole rings is 1. The summed E-state index contributed by atoms with van der Waals surface area (Å²) in [4.78, 5) is 4.16. The minimum Gasteiger partial charge on any atom is -0.398 e. The zero-order valence-electron chi connectivity index (χ0n) is 10.6. The number of nitrogens with two attached hydrogens (primary N) is 1. The standard InChI is InChI=1S/C13H14F3N3/c1-8(2)12-18-5-6-19(12)9-3-4-11(17)10(7-9)13(14,15)16/h3-8H,17H2,1-2H3. The second-order valence-electron chi connectivity index (χ2n) is 4.58. The first-order valence-electron chi connectivity index (χ1n) is 5.81. The van der Waals surface area contributed by atoms with Crippen molar-refractivity contribution in [1.82, 2.24) is 9.55 Å². The van der Waals surface area contributed by atoms with Crippen molar-refractivity contribution < 1.29 is 13.2 Å². The molecule has 2 rings (SSSR count). The summed E-state index contributed by atoms with van der Waals surface area (Å²) in [5.41, 5.74) is 4.69. The van der Waals surface area contributed by atoms with Crippen molar-refractivity contribution in [3.05, 3.63) is 42.0 Å². The van der Waals surface area contributed by atoms with Gasteiger partial charge >= 0.3 is 6.18 Å². The van der Waals surface area contributed by atoms with Crippen LogP contribution in [0.25, 0.3) is 5.69 Å². The van der Waals surface area contributed by atoms with Crippen LogP contribution >= 0.6 is 0 Å². The van der Waals surface area contributed by atoms with E-state index in [0.29, 0.717) is 11.5 Å². The molecular weight excluding hydrogens is 255 g/mol. The molecule has 0 aliphatic heterocycles. The number of hydrogen-bond donors (Lipinski definition) is 1. The third kappa shape index (κ3) is 2.57. The van der Waals surface area contributed by atoms with Crippen LogP contribution in [-0.2, 0) is 6.18 Å². The first-order valence-corrected chi connectivity index (χ1v) is 5.81. The Morgan fingerprint density at radius 1 is 1.26 bits per heavy atom. The van der Waals surface area contributed by atoms with Gasteiger partial charge < -0.3 is 10.3 Å². The number of nitrogen functional groups attached to an aromatic ring is 1. The van der Waals surface area contributed by atoms with Crippen LogP contribution in [0.5, 0.6) is 0 Å². The lowest BCUT2D eigenvalue weighted by Gasteiger charge is -2.14. The minimum absolute atomic E-state index is 0.113. The van der Waals surface area contributed by atoms with Crippen LogP contribution in [0.1, 0.15) is 31.2 Å². The van der Waals surface area contributed by atoms with E-state index in [0.717, 1.165) is 6.07 Å². The third-order valence-corrected chi connectivity index (χ3v) is 2.81. The van der Waals surface area contributed by atoms with Gasteiger partial charge in [-0.1, -0.05) is 13.8 Å². The zero-order valence-corrected chi connectivity index (χ0v) is 10.6. The molecule has 0 aliphatic rings. The summed E-state index contributed by atoms with van der Waals surface area (Å²) >= 11 is 0. The van der Waals surface area contributed by atoms with E-state index in [4.69, 9.17) is 5.73 Å². The van der Waals surface area contributed by atoms with Crippen LogP contribution in [0, 0.1) is 0 Å².